The quantitative estimate of drug-likeness (QED) is 0.737. The zero-order valence-corrected chi connectivity index (χ0v) is 9.94. The van der Waals surface area contributed by atoms with Crippen LogP contribution in [0.2, 0.25) is 0 Å². The molecule has 18 heavy (non-hydrogen) atoms. The zero-order valence-electron chi connectivity index (χ0n) is 9.94. The summed E-state index contributed by atoms with van der Waals surface area (Å²) >= 11 is 0. The Hall–Kier alpha value is -1.95. The summed E-state index contributed by atoms with van der Waals surface area (Å²) in [7, 11) is 0. The molecule has 5 nitrogen and oxygen atoms in total. The second-order valence-corrected chi connectivity index (χ2v) is 4.01. The first kappa shape index (κ1) is 14.1. The number of hydrogen-bond acceptors (Lipinski definition) is 3. The number of benzene rings is 1. The first-order valence-electron chi connectivity index (χ1n) is 5.44. The van der Waals surface area contributed by atoms with Crippen molar-refractivity contribution in [3.63, 3.8) is 0 Å². The lowest BCUT2D eigenvalue weighted by Crippen LogP contribution is -2.36. The van der Waals surface area contributed by atoms with Crippen LogP contribution < -0.4 is 11.1 Å². The molecule has 1 amide bonds. The number of hydrogen-bond donors (Lipinski definition) is 3. The molecule has 0 aliphatic rings. The van der Waals surface area contributed by atoms with Gasteiger partial charge in [-0.15, -0.1) is 0 Å². The maximum Gasteiger partial charge on any atom is 0.303 e. The summed E-state index contributed by atoms with van der Waals surface area (Å²) < 4.78 is 13.4. The van der Waals surface area contributed by atoms with Crippen LogP contribution in [0.15, 0.2) is 18.2 Å². The molecule has 4 N–H and O–H groups in total. The molecule has 1 aromatic rings. The summed E-state index contributed by atoms with van der Waals surface area (Å²) in [5, 5.41) is 10.8. The van der Waals surface area contributed by atoms with Gasteiger partial charge < -0.3 is 16.2 Å². The topological polar surface area (TPSA) is 92.4 Å². The average molecular weight is 254 g/mol. The summed E-state index contributed by atoms with van der Waals surface area (Å²) in [5.41, 5.74) is 6.27. The van der Waals surface area contributed by atoms with E-state index in [9.17, 15) is 14.0 Å². The highest BCUT2D eigenvalue weighted by atomic mass is 19.1. The minimum atomic E-state index is -1.03. The fourth-order valence-electron chi connectivity index (χ4n) is 1.36. The van der Waals surface area contributed by atoms with Gasteiger partial charge in [-0.1, -0.05) is 6.07 Å². The van der Waals surface area contributed by atoms with Crippen molar-refractivity contribution in [2.45, 2.75) is 25.8 Å². The highest BCUT2D eigenvalue weighted by molar-refractivity contribution is 5.95. The number of anilines is 1. The predicted octanol–water partition coefficient (Wildman–Crippen LogP) is 1.26. The highest BCUT2D eigenvalue weighted by Gasteiger charge is 2.16. The molecule has 0 aromatic heterocycles. The molecule has 1 unspecified atom stereocenters. The van der Waals surface area contributed by atoms with Gasteiger partial charge in [0.1, 0.15) is 5.82 Å². The van der Waals surface area contributed by atoms with E-state index in [1.807, 2.05) is 0 Å². The van der Waals surface area contributed by atoms with E-state index in [0.717, 1.165) is 5.56 Å². The van der Waals surface area contributed by atoms with Gasteiger partial charge in [-0.25, -0.2) is 4.39 Å². The number of carbonyl (C=O) groups excluding carboxylic acids is 1. The fourth-order valence-corrected chi connectivity index (χ4v) is 1.36. The van der Waals surface area contributed by atoms with Crippen LogP contribution >= 0.6 is 0 Å². The zero-order chi connectivity index (χ0) is 13.7. The van der Waals surface area contributed by atoms with Crippen LogP contribution in [0.4, 0.5) is 10.1 Å². The van der Waals surface area contributed by atoms with Crippen LogP contribution in [-0.2, 0) is 9.59 Å². The van der Waals surface area contributed by atoms with Gasteiger partial charge in [0, 0.05) is 6.42 Å². The minimum absolute atomic E-state index is 0.00858. The minimum Gasteiger partial charge on any atom is -0.481 e. The van der Waals surface area contributed by atoms with Gasteiger partial charge in [-0.2, -0.15) is 0 Å². The van der Waals surface area contributed by atoms with Crippen molar-refractivity contribution in [1.82, 2.24) is 0 Å². The van der Waals surface area contributed by atoms with E-state index in [-0.39, 0.29) is 18.5 Å². The van der Waals surface area contributed by atoms with Crippen molar-refractivity contribution in [3.8, 4) is 0 Å². The van der Waals surface area contributed by atoms with Gasteiger partial charge in [-0.3, -0.25) is 9.59 Å². The van der Waals surface area contributed by atoms with E-state index in [2.05, 4.69) is 5.32 Å². The molecular weight excluding hydrogens is 239 g/mol. The SMILES string of the molecule is Cc1ccc(NC(=O)C(N)CCC(=O)O)c(F)c1. The number of carboxylic acids is 1. The molecule has 0 bridgehead atoms. The van der Waals surface area contributed by atoms with Gasteiger partial charge >= 0.3 is 5.97 Å². The standard InChI is InChI=1S/C12H15FN2O3/c1-7-2-4-10(8(13)6-7)15-12(18)9(14)3-5-11(16)17/h2,4,6,9H,3,5,14H2,1H3,(H,15,18)(H,16,17). The van der Waals surface area contributed by atoms with Crippen LogP contribution in [0.25, 0.3) is 0 Å². The number of carboxylic acid groups (broad SMARTS) is 1. The van der Waals surface area contributed by atoms with E-state index in [0.29, 0.717) is 0 Å². The van der Waals surface area contributed by atoms with Gasteiger partial charge in [0.05, 0.1) is 11.7 Å². The summed E-state index contributed by atoms with van der Waals surface area (Å²) in [4.78, 5) is 21.9. The lowest BCUT2D eigenvalue weighted by Gasteiger charge is -2.12. The predicted molar refractivity (Wildman–Crippen MR) is 64.6 cm³/mol. The Balaban J connectivity index is 2.61. The molecule has 0 saturated carbocycles. The van der Waals surface area contributed by atoms with Crippen LogP contribution in [-0.4, -0.2) is 23.0 Å². The first-order chi connectivity index (χ1) is 8.40. The van der Waals surface area contributed by atoms with E-state index >= 15 is 0 Å². The summed E-state index contributed by atoms with van der Waals surface area (Å²) in [5.74, 6) is -2.17. The third kappa shape index (κ3) is 4.14. The molecular formula is C12H15FN2O3. The van der Waals surface area contributed by atoms with Gasteiger partial charge in [0.2, 0.25) is 5.91 Å². The monoisotopic (exact) mass is 254 g/mol. The van der Waals surface area contributed by atoms with Crippen LogP contribution in [0.3, 0.4) is 0 Å². The van der Waals surface area contributed by atoms with Crippen molar-refractivity contribution in [2.24, 2.45) is 5.73 Å². The largest absolute Gasteiger partial charge is 0.481 e. The Morgan fingerprint density at radius 1 is 1.50 bits per heavy atom. The molecule has 0 saturated heterocycles. The number of nitrogens with one attached hydrogen (secondary N) is 1. The second-order valence-electron chi connectivity index (χ2n) is 4.01. The second kappa shape index (κ2) is 6.11. The van der Waals surface area contributed by atoms with Gasteiger partial charge in [0.25, 0.3) is 0 Å². The molecule has 1 rings (SSSR count). The summed E-state index contributed by atoms with van der Waals surface area (Å²) in [6.45, 7) is 1.73. The van der Waals surface area contributed by atoms with Gasteiger partial charge in [-0.05, 0) is 31.0 Å². The maximum atomic E-state index is 13.4. The third-order valence-electron chi connectivity index (χ3n) is 2.39. The number of rotatable bonds is 5. The molecule has 6 heteroatoms. The van der Waals surface area contributed by atoms with Crippen molar-refractivity contribution in [1.29, 1.82) is 0 Å². The molecule has 0 aliphatic carbocycles. The van der Waals surface area contributed by atoms with Crippen molar-refractivity contribution >= 4 is 17.6 Å². The molecule has 0 heterocycles. The number of halogens is 1. The van der Waals surface area contributed by atoms with Crippen molar-refractivity contribution in [2.75, 3.05) is 5.32 Å². The first-order valence-corrected chi connectivity index (χ1v) is 5.44. The molecule has 0 spiro atoms. The third-order valence-corrected chi connectivity index (χ3v) is 2.39. The molecule has 0 aliphatic heterocycles. The van der Waals surface area contributed by atoms with E-state index < -0.39 is 23.7 Å². The smallest absolute Gasteiger partial charge is 0.303 e. The Morgan fingerprint density at radius 3 is 2.72 bits per heavy atom. The molecule has 0 fully saturated rings. The Morgan fingerprint density at radius 2 is 2.17 bits per heavy atom. The Labute approximate surface area is 104 Å². The molecule has 1 atom stereocenters. The number of nitrogens with two attached hydrogens (primary N) is 1. The Kier molecular flexibility index (Phi) is 4.79. The maximum absolute atomic E-state index is 13.4. The average Bonchev–Trinajstić information content (AvgIpc) is 2.29. The Bertz CT molecular complexity index is 463. The molecule has 98 valence electrons. The van der Waals surface area contributed by atoms with Gasteiger partial charge in [0.15, 0.2) is 0 Å². The lowest BCUT2D eigenvalue weighted by molar-refractivity contribution is -0.137. The van der Waals surface area contributed by atoms with Crippen LogP contribution in [0.5, 0.6) is 0 Å². The van der Waals surface area contributed by atoms with Crippen LogP contribution in [0.1, 0.15) is 18.4 Å². The normalized spacial score (nSPS) is 11.9. The summed E-state index contributed by atoms with van der Waals surface area (Å²) in [6.07, 6.45) is -0.195. The van der Waals surface area contributed by atoms with E-state index in [1.54, 1.807) is 13.0 Å². The number of amides is 1. The van der Waals surface area contributed by atoms with Crippen LogP contribution in [0, 0.1) is 12.7 Å². The van der Waals surface area contributed by atoms with E-state index in [1.165, 1.54) is 12.1 Å². The highest BCUT2D eigenvalue weighted by Crippen LogP contribution is 2.15. The van der Waals surface area contributed by atoms with E-state index in [4.69, 9.17) is 10.8 Å². The fraction of sp³-hybridized carbons (Fsp3) is 0.333. The lowest BCUT2D eigenvalue weighted by atomic mass is 10.1. The number of aryl methyl sites for hydroxylation is 1. The number of carbonyl (C=O) groups is 2. The summed E-state index contributed by atoms with van der Waals surface area (Å²) in [6, 6.07) is 3.41. The van der Waals surface area contributed by atoms with Crippen molar-refractivity contribution < 1.29 is 19.1 Å². The number of aliphatic carboxylic acids is 1. The molecule has 1 aromatic carbocycles. The molecule has 0 radical (unpaired) electrons. The van der Waals surface area contributed by atoms with Crippen molar-refractivity contribution in [3.05, 3.63) is 29.6 Å².